The van der Waals surface area contributed by atoms with Crippen molar-refractivity contribution in [3.8, 4) is 0 Å². The topological polar surface area (TPSA) is 49.3 Å². The number of carbonyl (C=O) groups excluding carboxylic acids is 1. The summed E-state index contributed by atoms with van der Waals surface area (Å²) in [5, 5.41) is 12.7. The smallest absolute Gasteiger partial charge is 0.223 e. The van der Waals surface area contributed by atoms with Gasteiger partial charge in [-0.2, -0.15) is 0 Å². The van der Waals surface area contributed by atoms with Crippen molar-refractivity contribution < 1.29 is 14.3 Å². The molecule has 2 aromatic rings. The van der Waals surface area contributed by atoms with Crippen molar-refractivity contribution in [1.29, 1.82) is 0 Å². The second kappa shape index (κ2) is 8.44. The Morgan fingerprint density at radius 1 is 1.09 bits per heavy atom. The maximum Gasteiger partial charge on any atom is 0.223 e. The highest BCUT2D eigenvalue weighted by atomic mass is 19.1. The van der Waals surface area contributed by atoms with Gasteiger partial charge in [-0.05, 0) is 23.6 Å². The van der Waals surface area contributed by atoms with E-state index in [-0.39, 0.29) is 24.2 Å². The Balaban J connectivity index is 1.78. The first-order valence-corrected chi connectivity index (χ1v) is 7.79. The van der Waals surface area contributed by atoms with Crippen molar-refractivity contribution in [2.24, 2.45) is 5.92 Å². The average molecular weight is 315 g/mol. The minimum Gasteiger partial charge on any atom is -0.391 e. The fourth-order valence-electron chi connectivity index (χ4n) is 2.44. The van der Waals surface area contributed by atoms with Crippen LogP contribution in [-0.4, -0.2) is 23.7 Å². The zero-order valence-electron chi connectivity index (χ0n) is 13.2. The third-order valence-electron chi connectivity index (χ3n) is 3.76. The molecular weight excluding hydrogens is 293 g/mol. The lowest BCUT2D eigenvalue weighted by molar-refractivity contribution is -0.124. The van der Waals surface area contributed by atoms with Crippen molar-refractivity contribution in [3.05, 3.63) is 71.5 Å². The number of benzene rings is 2. The first-order chi connectivity index (χ1) is 11.1. The number of hydrogen-bond acceptors (Lipinski definition) is 2. The molecule has 2 rings (SSSR count). The van der Waals surface area contributed by atoms with Gasteiger partial charge < -0.3 is 10.4 Å². The van der Waals surface area contributed by atoms with Crippen molar-refractivity contribution in [1.82, 2.24) is 5.32 Å². The molecule has 0 bridgehead atoms. The van der Waals surface area contributed by atoms with Crippen LogP contribution in [0.1, 0.15) is 18.1 Å². The molecule has 2 atom stereocenters. The van der Waals surface area contributed by atoms with Crippen LogP contribution in [0.2, 0.25) is 0 Å². The van der Waals surface area contributed by atoms with E-state index in [2.05, 4.69) is 5.32 Å². The lowest BCUT2D eigenvalue weighted by Crippen LogP contribution is -2.37. The third kappa shape index (κ3) is 5.49. The molecule has 23 heavy (non-hydrogen) atoms. The fourth-order valence-corrected chi connectivity index (χ4v) is 2.44. The van der Waals surface area contributed by atoms with Gasteiger partial charge in [-0.15, -0.1) is 0 Å². The molecule has 0 heterocycles. The Kier molecular flexibility index (Phi) is 6.29. The number of hydrogen-bond donors (Lipinski definition) is 2. The predicted octanol–water partition coefficient (Wildman–Crippen LogP) is 2.72. The maximum atomic E-state index is 13.6. The van der Waals surface area contributed by atoms with Crippen molar-refractivity contribution in [2.75, 3.05) is 6.54 Å². The predicted molar refractivity (Wildman–Crippen MR) is 88.4 cm³/mol. The standard InChI is InChI=1S/C19H22FNO2/c1-14(11-16-9-5-6-10-18(16)20)19(23)21-13-17(22)12-15-7-3-2-4-8-15/h2-10,14,17,22H,11-13H2,1H3,(H,21,23). The van der Waals surface area contributed by atoms with E-state index in [1.165, 1.54) is 6.07 Å². The Labute approximate surface area is 136 Å². The van der Waals surface area contributed by atoms with E-state index in [4.69, 9.17) is 0 Å². The van der Waals surface area contributed by atoms with Gasteiger partial charge in [0.05, 0.1) is 6.10 Å². The molecule has 0 aromatic heterocycles. The van der Waals surface area contributed by atoms with Crippen molar-refractivity contribution in [2.45, 2.75) is 25.9 Å². The van der Waals surface area contributed by atoms with Crippen LogP contribution in [-0.2, 0) is 17.6 Å². The average Bonchev–Trinajstić information content (AvgIpc) is 2.55. The van der Waals surface area contributed by atoms with Gasteiger partial charge in [0.25, 0.3) is 0 Å². The van der Waals surface area contributed by atoms with Gasteiger partial charge in [0.1, 0.15) is 5.82 Å². The van der Waals surface area contributed by atoms with E-state index in [1.807, 2.05) is 30.3 Å². The minimum atomic E-state index is -0.637. The molecule has 1 amide bonds. The molecule has 0 saturated carbocycles. The first kappa shape index (κ1) is 17.2. The molecule has 2 aromatic carbocycles. The Morgan fingerprint density at radius 3 is 2.43 bits per heavy atom. The van der Waals surface area contributed by atoms with Crippen LogP contribution in [0.5, 0.6) is 0 Å². The minimum absolute atomic E-state index is 0.180. The highest BCUT2D eigenvalue weighted by Gasteiger charge is 2.16. The van der Waals surface area contributed by atoms with Crippen molar-refractivity contribution >= 4 is 5.91 Å². The molecule has 0 spiro atoms. The normalized spacial score (nSPS) is 13.3. The van der Waals surface area contributed by atoms with Gasteiger partial charge in [-0.1, -0.05) is 55.5 Å². The quantitative estimate of drug-likeness (QED) is 0.825. The van der Waals surface area contributed by atoms with Gasteiger partial charge >= 0.3 is 0 Å². The van der Waals surface area contributed by atoms with Crippen LogP contribution >= 0.6 is 0 Å². The van der Waals surface area contributed by atoms with Crippen LogP contribution in [0, 0.1) is 11.7 Å². The number of halogens is 1. The fraction of sp³-hybridized carbons (Fsp3) is 0.316. The molecule has 2 unspecified atom stereocenters. The van der Waals surface area contributed by atoms with E-state index in [0.29, 0.717) is 18.4 Å². The van der Waals surface area contributed by atoms with Gasteiger partial charge in [-0.3, -0.25) is 4.79 Å². The maximum absolute atomic E-state index is 13.6. The molecule has 0 aliphatic carbocycles. The first-order valence-electron chi connectivity index (χ1n) is 7.79. The number of aliphatic hydroxyl groups excluding tert-OH is 1. The number of aliphatic hydroxyl groups is 1. The van der Waals surface area contributed by atoms with E-state index in [0.717, 1.165) is 5.56 Å². The summed E-state index contributed by atoms with van der Waals surface area (Å²) in [5.74, 6) is -0.826. The summed E-state index contributed by atoms with van der Waals surface area (Å²) in [6.45, 7) is 1.95. The van der Waals surface area contributed by atoms with Crippen LogP contribution in [0.4, 0.5) is 4.39 Å². The zero-order chi connectivity index (χ0) is 16.7. The summed E-state index contributed by atoms with van der Waals surface area (Å²) in [6.07, 6.45) is 0.192. The molecule has 122 valence electrons. The molecule has 0 saturated heterocycles. The van der Waals surface area contributed by atoms with Gasteiger partial charge in [0, 0.05) is 18.9 Å². The second-order valence-electron chi connectivity index (χ2n) is 5.79. The molecule has 4 heteroatoms. The molecular formula is C19H22FNO2. The summed E-state index contributed by atoms with van der Waals surface area (Å²) < 4.78 is 13.6. The highest BCUT2D eigenvalue weighted by Crippen LogP contribution is 2.12. The molecule has 0 aliphatic rings. The largest absolute Gasteiger partial charge is 0.391 e. The molecule has 0 fully saturated rings. The summed E-state index contributed by atoms with van der Waals surface area (Å²) in [5.41, 5.74) is 1.55. The highest BCUT2D eigenvalue weighted by molar-refractivity contribution is 5.78. The summed E-state index contributed by atoms with van der Waals surface area (Å²) >= 11 is 0. The molecule has 3 nitrogen and oxygen atoms in total. The Morgan fingerprint density at radius 2 is 1.74 bits per heavy atom. The van der Waals surface area contributed by atoms with Gasteiger partial charge in [-0.25, -0.2) is 4.39 Å². The number of amides is 1. The lowest BCUT2D eigenvalue weighted by Gasteiger charge is -2.15. The summed E-state index contributed by atoms with van der Waals surface area (Å²) in [6, 6.07) is 16.1. The third-order valence-corrected chi connectivity index (χ3v) is 3.76. The molecule has 0 radical (unpaired) electrons. The molecule has 0 aliphatic heterocycles. The Bertz CT molecular complexity index is 630. The SMILES string of the molecule is CC(Cc1ccccc1F)C(=O)NCC(O)Cc1ccccc1. The molecule has 2 N–H and O–H groups in total. The number of carbonyl (C=O) groups is 1. The monoisotopic (exact) mass is 315 g/mol. The van der Waals surface area contributed by atoms with Crippen LogP contribution in [0.3, 0.4) is 0 Å². The van der Waals surface area contributed by atoms with Gasteiger partial charge in [0.2, 0.25) is 5.91 Å². The second-order valence-corrected chi connectivity index (χ2v) is 5.79. The van der Waals surface area contributed by atoms with E-state index in [9.17, 15) is 14.3 Å². The summed E-state index contributed by atoms with van der Waals surface area (Å²) in [7, 11) is 0. The van der Waals surface area contributed by atoms with E-state index < -0.39 is 6.10 Å². The van der Waals surface area contributed by atoms with E-state index in [1.54, 1.807) is 25.1 Å². The Hall–Kier alpha value is -2.20. The van der Waals surface area contributed by atoms with Crippen LogP contribution < -0.4 is 5.32 Å². The summed E-state index contributed by atoms with van der Waals surface area (Å²) in [4.78, 5) is 12.1. The number of nitrogens with one attached hydrogen (secondary N) is 1. The van der Waals surface area contributed by atoms with Crippen molar-refractivity contribution in [3.63, 3.8) is 0 Å². The van der Waals surface area contributed by atoms with Crippen LogP contribution in [0.15, 0.2) is 54.6 Å². The lowest BCUT2D eigenvalue weighted by atomic mass is 10.00. The number of rotatable bonds is 7. The van der Waals surface area contributed by atoms with E-state index >= 15 is 0 Å². The van der Waals surface area contributed by atoms with Gasteiger partial charge in [0.15, 0.2) is 0 Å². The zero-order valence-corrected chi connectivity index (χ0v) is 13.2. The van der Waals surface area contributed by atoms with Crippen LogP contribution in [0.25, 0.3) is 0 Å².